The SMILES string of the molecule is COc1cccc(-c2c(NC(=O)Nc3c(C(C)C)cccc3C(C)C)c(=O)n(-c3ccccc3Oc3ccccc3)c3ncccc23)c1. The Kier molecular flexibility index (Phi) is 9.25. The molecule has 2 amide bonds. The van der Waals surface area contributed by atoms with E-state index in [2.05, 4.69) is 38.3 Å². The highest BCUT2D eigenvalue weighted by Gasteiger charge is 2.24. The zero-order chi connectivity index (χ0) is 33.8. The lowest BCUT2D eigenvalue weighted by atomic mass is 9.93. The standard InChI is InChI=1S/C40H38N4O4/c1-25(2)30-18-12-19-31(26(3)4)36(30)42-40(46)43-37-35(27-14-11-17-29(24-27)47-5)32-20-13-23-41-38(32)44(39(37)45)33-21-9-10-22-34(33)48-28-15-7-6-8-16-28/h6-26H,1-5H3,(H2,42,43,46). The number of rotatable bonds is 9. The van der Waals surface area contributed by atoms with Crippen LogP contribution >= 0.6 is 0 Å². The smallest absolute Gasteiger partial charge is 0.323 e. The molecule has 6 rings (SSSR count). The van der Waals surface area contributed by atoms with Gasteiger partial charge in [0.25, 0.3) is 5.56 Å². The van der Waals surface area contributed by atoms with Crippen molar-refractivity contribution in [2.45, 2.75) is 39.5 Å². The third kappa shape index (κ3) is 6.37. The number of carbonyl (C=O) groups is 1. The van der Waals surface area contributed by atoms with Gasteiger partial charge in [0.15, 0.2) is 5.75 Å². The minimum absolute atomic E-state index is 0.0869. The Labute approximate surface area is 280 Å². The second kappa shape index (κ2) is 13.8. The zero-order valence-corrected chi connectivity index (χ0v) is 27.7. The van der Waals surface area contributed by atoms with Crippen molar-refractivity contribution in [2.75, 3.05) is 17.7 Å². The van der Waals surface area contributed by atoms with Gasteiger partial charge in [-0.05, 0) is 77.1 Å². The number of benzene rings is 4. The fourth-order valence-electron chi connectivity index (χ4n) is 5.94. The molecule has 0 aliphatic heterocycles. The van der Waals surface area contributed by atoms with Gasteiger partial charge in [-0.3, -0.25) is 9.36 Å². The van der Waals surface area contributed by atoms with Crippen LogP contribution in [0.2, 0.25) is 0 Å². The van der Waals surface area contributed by atoms with Crippen molar-refractivity contribution in [3.05, 3.63) is 137 Å². The molecule has 0 atom stereocenters. The van der Waals surface area contributed by atoms with E-state index in [1.165, 1.54) is 4.57 Å². The molecular weight excluding hydrogens is 600 g/mol. The Morgan fingerprint density at radius 3 is 2.08 bits per heavy atom. The monoisotopic (exact) mass is 638 g/mol. The van der Waals surface area contributed by atoms with Gasteiger partial charge in [0.05, 0.1) is 12.8 Å². The van der Waals surface area contributed by atoms with Gasteiger partial charge in [-0.2, -0.15) is 0 Å². The van der Waals surface area contributed by atoms with Crippen LogP contribution in [0, 0.1) is 0 Å². The molecule has 0 saturated carbocycles. The van der Waals surface area contributed by atoms with Gasteiger partial charge >= 0.3 is 6.03 Å². The lowest BCUT2D eigenvalue weighted by Gasteiger charge is -2.22. The normalized spacial score (nSPS) is 11.1. The van der Waals surface area contributed by atoms with Crippen molar-refractivity contribution in [3.8, 4) is 34.1 Å². The fraction of sp³-hybridized carbons (Fsp3) is 0.175. The number of carbonyl (C=O) groups excluding carboxylic acids is 1. The van der Waals surface area contributed by atoms with Gasteiger partial charge in [0.2, 0.25) is 0 Å². The maximum absolute atomic E-state index is 14.9. The van der Waals surface area contributed by atoms with Crippen LogP contribution in [-0.4, -0.2) is 22.7 Å². The van der Waals surface area contributed by atoms with Gasteiger partial charge in [-0.25, -0.2) is 9.78 Å². The number of hydrogen-bond acceptors (Lipinski definition) is 5. The van der Waals surface area contributed by atoms with E-state index < -0.39 is 11.6 Å². The highest BCUT2D eigenvalue weighted by Crippen LogP contribution is 2.38. The molecule has 0 bridgehead atoms. The molecule has 4 aromatic carbocycles. The minimum Gasteiger partial charge on any atom is -0.497 e. The number of ether oxygens (including phenoxy) is 2. The fourth-order valence-corrected chi connectivity index (χ4v) is 5.94. The number of methoxy groups -OCH3 is 1. The molecule has 2 N–H and O–H groups in total. The molecule has 0 fully saturated rings. The molecule has 2 aromatic heterocycles. The van der Waals surface area contributed by atoms with Crippen molar-refractivity contribution in [1.82, 2.24) is 9.55 Å². The van der Waals surface area contributed by atoms with Crippen LogP contribution in [0.25, 0.3) is 27.8 Å². The summed E-state index contributed by atoms with van der Waals surface area (Å²) in [6.45, 7) is 8.36. The Morgan fingerprint density at radius 1 is 0.729 bits per heavy atom. The summed E-state index contributed by atoms with van der Waals surface area (Å²) in [7, 11) is 1.59. The summed E-state index contributed by atoms with van der Waals surface area (Å²) in [6.07, 6.45) is 1.64. The first kappa shape index (κ1) is 32.1. The third-order valence-electron chi connectivity index (χ3n) is 8.22. The van der Waals surface area contributed by atoms with Crippen LogP contribution in [0.15, 0.2) is 120 Å². The second-order valence-corrected chi connectivity index (χ2v) is 12.1. The van der Waals surface area contributed by atoms with Gasteiger partial charge in [0.1, 0.15) is 22.8 Å². The highest BCUT2D eigenvalue weighted by molar-refractivity contribution is 6.08. The lowest BCUT2D eigenvalue weighted by molar-refractivity contribution is 0.262. The van der Waals surface area contributed by atoms with Gasteiger partial charge in [-0.15, -0.1) is 0 Å². The van der Waals surface area contributed by atoms with Crippen LogP contribution < -0.4 is 25.7 Å². The minimum atomic E-state index is -0.533. The summed E-state index contributed by atoms with van der Waals surface area (Å²) in [5.41, 5.74) is 4.47. The zero-order valence-electron chi connectivity index (χ0n) is 27.7. The number of nitrogens with zero attached hydrogens (tertiary/aromatic N) is 2. The number of nitrogens with one attached hydrogen (secondary N) is 2. The summed E-state index contributed by atoms with van der Waals surface area (Å²) in [5, 5.41) is 6.73. The number of hydrogen-bond donors (Lipinski definition) is 2. The average Bonchev–Trinajstić information content (AvgIpc) is 3.09. The summed E-state index contributed by atoms with van der Waals surface area (Å²) in [4.78, 5) is 33.6. The molecule has 0 radical (unpaired) electrons. The van der Waals surface area contributed by atoms with Crippen LogP contribution in [0.4, 0.5) is 16.2 Å². The first-order valence-corrected chi connectivity index (χ1v) is 16.0. The topological polar surface area (TPSA) is 94.5 Å². The molecular formula is C40H38N4O4. The average molecular weight is 639 g/mol. The van der Waals surface area contributed by atoms with E-state index in [1.807, 2.05) is 97.1 Å². The third-order valence-corrected chi connectivity index (χ3v) is 8.22. The van der Waals surface area contributed by atoms with Crippen molar-refractivity contribution in [2.24, 2.45) is 0 Å². The molecule has 0 aliphatic carbocycles. The van der Waals surface area contributed by atoms with E-state index in [-0.39, 0.29) is 17.5 Å². The van der Waals surface area contributed by atoms with Crippen LogP contribution in [0.1, 0.15) is 50.7 Å². The van der Waals surface area contributed by atoms with Crippen molar-refractivity contribution in [1.29, 1.82) is 0 Å². The van der Waals surface area contributed by atoms with E-state index in [0.29, 0.717) is 45.1 Å². The number of pyridine rings is 2. The second-order valence-electron chi connectivity index (χ2n) is 12.1. The molecule has 8 nitrogen and oxygen atoms in total. The van der Waals surface area contributed by atoms with Gasteiger partial charge in [-0.1, -0.05) is 88.4 Å². The molecule has 0 aliphatic rings. The van der Waals surface area contributed by atoms with Crippen LogP contribution in [0.3, 0.4) is 0 Å². The van der Waals surface area contributed by atoms with E-state index in [4.69, 9.17) is 14.5 Å². The van der Waals surface area contributed by atoms with Crippen molar-refractivity contribution < 1.29 is 14.3 Å². The van der Waals surface area contributed by atoms with Crippen molar-refractivity contribution >= 4 is 28.4 Å². The van der Waals surface area contributed by atoms with E-state index in [1.54, 1.807) is 25.4 Å². The Balaban J connectivity index is 1.57. The Morgan fingerprint density at radius 2 is 1.38 bits per heavy atom. The molecule has 0 spiro atoms. The highest BCUT2D eigenvalue weighted by atomic mass is 16.5. The van der Waals surface area contributed by atoms with Crippen molar-refractivity contribution in [3.63, 3.8) is 0 Å². The number of para-hydroxylation sites is 4. The van der Waals surface area contributed by atoms with Crippen LogP contribution in [0.5, 0.6) is 17.2 Å². The summed E-state index contributed by atoms with van der Waals surface area (Å²) in [5.74, 6) is 2.01. The molecule has 48 heavy (non-hydrogen) atoms. The lowest BCUT2D eigenvalue weighted by Crippen LogP contribution is -2.30. The van der Waals surface area contributed by atoms with Gasteiger partial charge < -0.3 is 20.1 Å². The summed E-state index contributed by atoms with van der Waals surface area (Å²) in [6, 6.07) is 33.3. The molecule has 242 valence electrons. The van der Waals surface area contributed by atoms with Gasteiger partial charge in [0, 0.05) is 22.8 Å². The molecule has 2 heterocycles. The first-order valence-electron chi connectivity index (χ1n) is 16.0. The predicted molar refractivity (Wildman–Crippen MR) is 193 cm³/mol. The molecule has 8 heteroatoms. The maximum atomic E-state index is 14.9. The first-order chi connectivity index (χ1) is 23.3. The Bertz CT molecular complexity index is 2130. The predicted octanol–water partition coefficient (Wildman–Crippen LogP) is 9.74. The Hall–Kier alpha value is -5.89. The van der Waals surface area contributed by atoms with Crippen LogP contribution in [-0.2, 0) is 0 Å². The van der Waals surface area contributed by atoms with E-state index in [9.17, 15) is 9.59 Å². The molecule has 0 saturated heterocycles. The largest absolute Gasteiger partial charge is 0.497 e. The molecule has 0 unspecified atom stereocenters. The number of aromatic nitrogens is 2. The number of anilines is 2. The summed E-state index contributed by atoms with van der Waals surface area (Å²) < 4.78 is 13.3. The number of amides is 2. The number of fused-ring (bicyclic) bond motifs is 1. The summed E-state index contributed by atoms with van der Waals surface area (Å²) >= 11 is 0. The van der Waals surface area contributed by atoms with E-state index in [0.717, 1.165) is 16.8 Å². The maximum Gasteiger partial charge on any atom is 0.323 e. The van der Waals surface area contributed by atoms with E-state index >= 15 is 0 Å². The number of urea groups is 1. The quantitative estimate of drug-likeness (QED) is 0.164. The molecule has 6 aromatic rings.